The smallest absolute Gasteiger partial charge is 0.362 e. The quantitative estimate of drug-likeness (QED) is 0.673. The topological polar surface area (TPSA) is 91.8 Å². The van der Waals surface area contributed by atoms with Crippen LogP contribution < -0.4 is 5.32 Å². The van der Waals surface area contributed by atoms with Crippen molar-refractivity contribution in [3.05, 3.63) is 27.9 Å². The highest BCUT2D eigenvalue weighted by atomic mass is 19.4. The monoisotopic (exact) mass is 274 g/mol. The fourth-order valence-corrected chi connectivity index (χ4v) is 1.47. The van der Waals surface area contributed by atoms with Crippen molar-refractivity contribution in [3.8, 4) is 6.07 Å². The van der Waals surface area contributed by atoms with Gasteiger partial charge in [-0.05, 0) is 13.0 Å². The largest absolute Gasteiger partial charge is 0.391 e. The minimum Gasteiger partial charge on any atom is -0.362 e. The fourth-order valence-electron chi connectivity index (χ4n) is 1.47. The van der Waals surface area contributed by atoms with Gasteiger partial charge in [-0.25, -0.2) is 4.98 Å². The average Bonchev–Trinajstić information content (AvgIpc) is 2.25. The van der Waals surface area contributed by atoms with Crippen LogP contribution in [0.4, 0.5) is 24.7 Å². The second-order valence-corrected chi connectivity index (χ2v) is 3.79. The van der Waals surface area contributed by atoms with Gasteiger partial charge in [-0.15, -0.1) is 0 Å². The maximum atomic E-state index is 12.2. The standard InChI is InChI=1S/C10H9F3N4O2/c1-6(4-10(11,12)13)16-9-8(17(18)19)7(5-14)2-3-15-9/h2-3,6H,4H2,1H3,(H,15,16). The molecule has 1 aromatic heterocycles. The van der Waals surface area contributed by atoms with Crippen LogP contribution in [-0.4, -0.2) is 22.1 Å². The Labute approximate surface area is 106 Å². The van der Waals surface area contributed by atoms with E-state index >= 15 is 0 Å². The molecule has 0 bridgehead atoms. The summed E-state index contributed by atoms with van der Waals surface area (Å²) in [5.41, 5.74) is -0.888. The summed E-state index contributed by atoms with van der Waals surface area (Å²) in [5.74, 6) is -0.346. The van der Waals surface area contributed by atoms with Gasteiger partial charge in [0.05, 0.1) is 11.3 Å². The van der Waals surface area contributed by atoms with Crippen LogP contribution in [0, 0.1) is 21.4 Å². The van der Waals surface area contributed by atoms with Crippen molar-refractivity contribution in [2.75, 3.05) is 5.32 Å². The van der Waals surface area contributed by atoms with Gasteiger partial charge in [0.15, 0.2) is 0 Å². The molecule has 1 heterocycles. The van der Waals surface area contributed by atoms with E-state index in [4.69, 9.17) is 5.26 Å². The van der Waals surface area contributed by atoms with E-state index in [0.717, 1.165) is 12.3 Å². The highest BCUT2D eigenvalue weighted by Crippen LogP contribution is 2.28. The summed E-state index contributed by atoms with van der Waals surface area (Å²) in [6, 6.07) is 1.62. The van der Waals surface area contributed by atoms with Gasteiger partial charge in [-0.3, -0.25) is 10.1 Å². The van der Waals surface area contributed by atoms with Gasteiger partial charge in [0.25, 0.3) is 0 Å². The minimum atomic E-state index is -4.39. The molecule has 0 aromatic carbocycles. The summed E-state index contributed by atoms with van der Waals surface area (Å²) in [4.78, 5) is 13.6. The molecule has 0 amide bonds. The molecule has 0 fully saturated rings. The Morgan fingerprint density at radius 1 is 1.63 bits per heavy atom. The van der Waals surface area contributed by atoms with Gasteiger partial charge in [0.2, 0.25) is 5.82 Å². The Balaban J connectivity index is 3.02. The van der Waals surface area contributed by atoms with Crippen LogP contribution in [0.1, 0.15) is 18.9 Å². The first-order valence-corrected chi connectivity index (χ1v) is 5.11. The van der Waals surface area contributed by atoms with E-state index in [1.807, 2.05) is 0 Å². The molecule has 9 heteroatoms. The lowest BCUT2D eigenvalue weighted by molar-refractivity contribution is -0.384. The first kappa shape index (κ1) is 14.7. The third kappa shape index (κ3) is 4.09. The minimum absolute atomic E-state index is 0.262. The van der Waals surface area contributed by atoms with Crippen LogP contribution >= 0.6 is 0 Å². The summed E-state index contributed by atoms with van der Waals surface area (Å²) in [5, 5.41) is 21.8. The average molecular weight is 274 g/mol. The summed E-state index contributed by atoms with van der Waals surface area (Å²) in [7, 11) is 0. The third-order valence-electron chi connectivity index (χ3n) is 2.15. The van der Waals surface area contributed by atoms with Gasteiger partial charge in [0.1, 0.15) is 11.6 Å². The van der Waals surface area contributed by atoms with Crippen molar-refractivity contribution in [3.63, 3.8) is 0 Å². The number of hydrogen-bond donors (Lipinski definition) is 1. The SMILES string of the molecule is CC(CC(F)(F)F)Nc1nccc(C#N)c1[N+](=O)[O-]. The van der Waals surface area contributed by atoms with E-state index in [1.165, 1.54) is 6.92 Å². The molecule has 1 rings (SSSR count). The molecule has 1 aromatic rings. The van der Waals surface area contributed by atoms with Gasteiger partial charge in [0, 0.05) is 12.2 Å². The Bertz CT molecular complexity index is 524. The normalized spacial score (nSPS) is 12.6. The number of nitrogens with one attached hydrogen (secondary N) is 1. The number of halogens is 3. The summed E-state index contributed by atoms with van der Waals surface area (Å²) >= 11 is 0. The Morgan fingerprint density at radius 2 is 2.26 bits per heavy atom. The highest BCUT2D eigenvalue weighted by Gasteiger charge is 2.31. The molecule has 0 spiro atoms. The zero-order valence-corrected chi connectivity index (χ0v) is 9.73. The van der Waals surface area contributed by atoms with Crippen molar-refractivity contribution in [1.82, 2.24) is 4.98 Å². The van der Waals surface area contributed by atoms with Crippen LogP contribution in [0.5, 0.6) is 0 Å². The predicted molar refractivity (Wildman–Crippen MR) is 59.4 cm³/mol. The number of pyridine rings is 1. The lowest BCUT2D eigenvalue weighted by atomic mass is 10.2. The van der Waals surface area contributed by atoms with Crippen LogP contribution in [0.3, 0.4) is 0 Å². The first-order valence-electron chi connectivity index (χ1n) is 5.11. The fraction of sp³-hybridized carbons (Fsp3) is 0.400. The van der Waals surface area contributed by atoms with Crippen LogP contribution in [0.25, 0.3) is 0 Å². The van der Waals surface area contributed by atoms with E-state index < -0.39 is 29.2 Å². The van der Waals surface area contributed by atoms with E-state index in [9.17, 15) is 23.3 Å². The van der Waals surface area contributed by atoms with Gasteiger partial charge in [-0.2, -0.15) is 18.4 Å². The molecule has 0 radical (unpaired) electrons. The number of anilines is 1. The molecule has 1 atom stereocenters. The number of nitrogens with zero attached hydrogens (tertiary/aromatic N) is 3. The second kappa shape index (κ2) is 5.51. The van der Waals surface area contributed by atoms with Crippen molar-refractivity contribution >= 4 is 11.5 Å². The van der Waals surface area contributed by atoms with Crippen molar-refractivity contribution in [2.45, 2.75) is 25.6 Å². The molecule has 0 aliphatic heterocycles. The Morgan fingerprint density at radius 3 is 2.74 bits per heavy atom. The molecule has 0 saturated carbocycles. The number of hydrogen-bond acceptors (Lipinski definition) is 5. The Hall–Kier alpha value is -2.37. The molecule has 0 aliphatic carbocycles. The lowest BCUT2D eigenvalue weighted by Gasteiger charge is -2.16. The van der Waals surface area contributed by atoms with E-state index in [0.29, 0.717) is 0 Å². The number of rotatable bonds is 4. The zero-order chi connectivity index (χ0) is 14.6. The highest BCUT2D eigenvalue weighted by molar-refractivity contribution is 5.64. The molecule has 1 unspecified atom stereocenters. The number of alkyl halides is 3. The molecule has 6 nitrogen and oxygen atoms in total. The summed E-state index contributed by atoms with van der Waals surface area (Å²) in [6.45, 7) is 1.22. The van der Waals surface area contributed by atoms with E-state index in [-0.39, 0.29) is 11.4 Å². The predicted octanol–water partition coefficient (Wildman–Crippen LogP) is 2.61. The zero-order valence-electron chi connectivity index (χ0n) is 9.73. The molecule has 19 heavy (non-hydrogen) atoms. The van der Waals surface area contributed by atoms with E-state index in [2.05, 4.69) is 10.3 Å². The van der Waals surface area contributed by atoms with E-state index in [1.54, 1.807) is 6.07 Å². The maximum absolute atomic E-state index is 12.2. The number of aromatic nitrogens is 1. The van der Waals surface area contributed by atoms with Gasteiger partial charge < -0.3 is 5.32 Å². The second-order valence-electron chi connectivity index (χ2n) is 3.79. The van der Waals surface area contributed by atoms with Crippen molar-refractivity contribution in [2.24, 2.45) is 0 Å². The molecule has 102 valence electrons. The molecule has 0 saturated heterocycles. The third-order valence-corrected chi connectivity index (χ3v) is 2.15. The van der Waals surface area contributed by atoms with Crippen molar-refractivity contribution in [1.29, 1.82) is 5.26 Å². The van der Waals surface area contributed by atoms with Crippen LogP contribution in [0.2, 0.25) is 0 Å². The molecule has 0 aliphatic rings. The molecule has 1 N–H and O–H groups in total. The Kier molecular flexibility index (Phi) is 4.26. The lowest BCUT2D eigenvalue weighted by Crippen LogP contribution is -2.24. The maximum Gasteiger partial charge on any atom is 0.391 e. The van der Waals surface area contributed by atoms with Crippen LogP contribution in [-0.2, 0) is 0 Å². The van der Waals surface area contributed by atoms with Gasteiger partial charge in [-0.1, -0.05) is 0 Å². The number of nitriles is 1. The van der Waals surface area contributed by atoms with Crippen molar-refractivity contribution < 1.29 is 18.1 Å². The van der Waals surface area contributed by atoms with Crippen LogP contribution in [0.15, 0.2) is 12.3 Å². The first-order chi connectivity index (χ1) is 8.74. The van der Waals surface area contributed by atoms with Gasteiger partial charge >= 0.3 is 11.9 Å². The molecular formula is C10H9F3N4O2. The number of nitro groups is 1. The summed E-state index contributed by atoms with van der Waals surface area (Å²) in [6.07, 6.45) is -4.44. The summed E-state index contributed by atoms with van der Waals surface area (Å²) < 4.78 is 36.5. The molecular weight excluding hydrogens is 265 g/mol.